The molecule has 4 rings (SSSR count). The quantitative estimate of drug-likeness (QED) is 0.798. The van der Waals surface area contributed by atoms with Crippen LogP contribution in [0.1, 0.15) is 21.8 Å². The van der Waals surface area contributed by atoms with E-state index in [1.54, 1.807) is 29.2 Å². The Morgan fingerprint density at radius 1 is 0.893 bits per heavy atom. The summed E-state index contributed by atoms with van der Waals surface area (Å²) in [5.41, 5.74) is 1.69. The van der Waals surface area contributed by atoms with Gasteiger partial charge in [0.15, 0.2) is 0 Å². The van der Waals surface area contributed by atoms with Crippen LogP contribution in [0, 0.1) is 5.92 Å². The van der Waals surface area contributed by atoms with Crippen LogP contribution in [-0.2, 0) is 9.53 Å². The van der Waals surface area contributed by atoms with Crippen LogP contribution < -0.4 is 0 Å². The number of rotatable bonds is 3. The van der Waals surface area contributed by atoms with Crippen LogP contribution in [0.15, 0.2) is 54.6 Å². The lowest BCUT2D eigenvalue weighted by atomic mass is 9.88. The van der Waals surface area contributed by atoms with Crippen LogP contribution in [0.25, 0.3) is 0 Å². The van der Waals surface area contributed by atoms with Crippen molar-refractivity contribution in [3.8, 4) is 0 Å². The standard InChI is InChI=1S/C22H23ClN2O3/c23-18-8-6-17(7-9-18)21(26)25-14-19(16-4-2-1-3-5-16)20(15-25)22(27)24-10-12-28-13-11-24/h1-9,19-20H,10-15H2/t19-,20-/m0/s1. The van der Waals surface area contributed by atoms with Gasteiger partial charge in [-0.15, -0.1) is 0 Å². The summed E-state index contributed by atoms with van der Waals surface area (Å²) >= 11 is 5.94. The number of ether oxygens (including phenoxy) is 1. The number of likely N-dealkylation sites (tertiary alicyclic amines) is 1. The van der Waals surface area contributed by atoms with E-state index < -0.39 is 0 Å². The maximum Gasteiger partial charge on any atom is 0.253 e. The fourth-order valence-electron chi connectivity index (χ4n) is 4.05. The van der Waals surface area contributed by atoms with Gasteiger partial charge in [-0.2, -0.15) is 0 Å². The summed E-state index contributed by atoms with van der Waals surface area (Å²) in [6.07, 6.45) is 0. The fourth-order valence-corrected chi connectivity index (χ4v) is 4.18. The molecule has 0 aliphatic carbocycles. The van der Waals surface area contributed by atoms with Crippen LogP contribution in [0.2, 0.25) is 5.02 Å². The van der Waals surface area contributed by atoms with Gasteiger partial charge in [0.2, 0.25) is 5.91 Å². The van der Waals surface area contributed by atoms with Crippen LogP contribution in [-0.4, -0.2) is 61.0 Å². The molecule has 146 valence electrons. The minimum atomic E-state index is -0.239. The third-order valence-corrected chi connectivity index (χ3v) is 5.82. The van der Waals surface area contributed by atoms with Crippen LogP contribution in [0.4, 0.5) is 0 Å². The summed E-state index contributed by atoms with van der Waals surface area (Å²) in [6, 6.07) is 16.9. The largest absolute Gasteiger partial charge is 0.378 e. The Hall–Kier alpha value is -2.37. The number of morpholine rings is 1. The predicted octanol–water partition coefficient (Wildman–Crippen LogP) is 3.05. The van der Waals surface area contributed by atoms with E-state index in [0.717, 1.165) is 5.56 Å². The van der Waals surface area contributed by atoms with Crippen molar-refractivity contribution in [2.75, 3.05) is 39.4 Å². The third-order valence-electron chi connectivity index (χ3n) is 5.57. The molecule has 0 radical (unpaired) electrons. The first-order valence-corrected chi connectivity index (χ1v) is 9.97. The van der Waals surface area contributed by atoms with Gasteiger partial charge >= 0.3 is 0 Å². The van der Waals surface area contributed by atoms with E-state index in [0.29, 0.717) is 50.0 Å². The lowest BCUT2D eigenvalue weighted by molar-refractivity contribution is -0.139. The van der Waals surface area contributed by atoms with E-state index in [2.05, 4.69) is 0 Å². The van der Waals surface area contributed by atoms with Crippen LogP contribution in [0.3, 0.4) is 0 Å². The SMILES string of the molecule is O=C(c1ccc(Cl)cc1)N1C[C@H](C(=O)N2CCOCC2)[C@H](c2ccccc2)C1. The highest BCUT2D eigenvalue weighted by molar-refractivity contribution is 6.30. The van der Waals surface area contributed by atoms with Gasteiger partial charge in [0.1, 0.15) is 0 Å². The molecule has 5 nitrogen and oxygen atoms in total. The molecule has 0 bridgehead atoms. The number of nitrogens with zero attached hydrogens (tertiary/aromatic N) is 2. The molecule has 2 saturated heterocycles. The minimum absolute atomic E-state index is 0.00667. The van der Waals surface area contributed by atoms with Crippen molar-refractivity contribution in [2.45, 2.75) is 5.92 Å². The molecular formula is C22H23ClN2O3. The molecule has 6 heteroatoms. The smallest absolute Gasteiger partial charge is 0.253 e. The number of hydrogen-bond acceptors (Lipinski definition) is 3. The molecule has 0 spiro atoms. The van der Waals surface area contributed by atoms with Gasteiger partial charge in [-0.1, -0.05) is 41.9 Å². The van der Waals surface area contributed by atoms with Gasteiger partial charge < -0.3 is 14.5 Å². The zero-order valence-electron chi connectivity index (χ0n) is 15.6. The van der Waals surface area contributed by atoms with Crippen molar-refractivity contribution in [1.82, 2.24) is 9.80 Å². The molecule has 0 N–H and O–H groups in total. The first-order valence-electron chi connectivity index (χ1n) is 9.60. The van der Waals surface area contributed by atoms with Gasteiger partial charge in [-0.05, 0) is 29.8 Å². The summed E-state index contributed by atoms with van der Waals surface area (Å²) < 4.78 is 5.38. The molecule has 2 heterocycles. The molecule has 2 fully saturated rings. The Morgan fingerprint density at radius 2 is 1.57 bits per heavy atom. The summed E-state index contributed by atoms with van der Waals surface area (Å²) in [4.78, 5) is 29.9. The summed E-state index contributed by atoms with van der Waals surface area (Å²) in [7, 11) is 0. The topological polar surface area (TPSA) is 49.9 Å². The average molecular weight is 399 g/mol. The Labute approximate surface area is 169 Å². The molecule has 2 aromatic carbocycles. The normalized spacial score (nSPS) is 22.3. The fraction of sp³-hybridized carbons (Fsp3) is 0.364. The van der Waals surface area contributed by atoms with E-state index in [-0.39, 0.29) is 23.7 Å². The number of amides is 2. The van der Waals surface area contributed by atoms with Crippen molar-refractivity contribution >= 4 is 23.4 Å². The molecular weight excluding hydrogens is 376 g/mol. The van der Waals surface area contributed by atoms with Crippen molar-refractivity contribution in [3.05, 3.63) is 70.7 Å². The maximum absolute atomic E-state index is 13.2. The van der Waals surface area contributed by atoms with Crippen LogP contribution >= 0.6 is 11.6 Å². The Bertz CT molecular complexity index is 835. The molecule has 2 aliphatic rings. The van der Waals surface area contributed by atoms with E-state index in [4.69, 9.17) is 16.3 Å². The van der Waals surface area contributed by atoms with E-state index in [1.165, 1.54) is 0 Å². The second-order valence-electron chi connectivity index (χ2n) is 7.28. The van der Waals surface area contributed by atoms with Gasteiger partial charge in [-0.25, -0.2) is 0 Å². The highest BCUT2D eigenvalue weighted by Gasteiger charge is 2.42. The minimum Gasteiger partial charge on any atom is -0.378 e. The molecule has 2 aliphatic heterocycles. The Kier molecular flexibility index (Phi) is 5.64. The van der Waals surface area contributed by atoms with Crippen molar-refractivity contribution in [2.24, 2.45) is 5.92 Å². The molecule has 0 aromatic heterocycles. The molecule has 2 atom stereocenters. The molecule has 28 heavy (non-hydrogen) atoms. The van der Waals surface area contributed by atoms with E-state index in [9.17, 15) is 9.59 Å². The molecule has 0 unspecified atom stereocenters. The van der Waals surface area contributed by atoms with Gasteiger partial charge in [0.05, 0.1) is 19.1 Å². The first-order chi connectivity index (χ1) is 13.6. The Morgan fingerprint density at radius 3 is 2.25 bits per heavy atom. The highest BCUT2D eigenvalue weighted by Crippen LogP contribution is 2.35. The van der Waals surface area contributed by atoms with Gasteiger partial charge in [0.25, 0.3) is 5.91 Å². The van der Waals surface area contributed by atoms with Crippen molar-refractivity contribution < 1.29 is 14.3 Å². The molecule has 0 saturated carbocycles. The summed E-state index contributed by atoms with van der Waals surface area (Å²) in [5, 5.41) is 0.598. The number of carbonyl (C=O) groups is 2. The second-order valence-corrected chi connectivity index (χ2v) is 7.71. The molecule has 2 amide bonds. The number of benzene rings is 2. The van der Waals surface area contributed by atoms with E-state index >= 15 is 0 Å². The maximum atomic E-state index is 13.2. The highest BCUT2D eigenvalue weighted by atomic mass is 35.5. The lowest BCUT2D eigenvalue weighted by Crippen LogP contribution is -2.45. The zero-order valence-corrected chi connectivity index (χ0v) is 16.3. The lowest BCUT2D eigenvalue weighted by Gasteiger charge is -2.30. The summed E-state index contributed by atoms with van der Waals surface area (Å²) in [6.45, 7) is 3.33. The van der Waals surface area contributed by atoms with Crippen LogP contribution in [0.5, 0.6) is 0 Å². The van der Waals surface area contributed by atoms with Crippen molar-refractivity contribution in [1.29, 1.82) is 0 Å². The summed E-state index contributed by atoms with van der Waals surface area (Å²) in [5.74, 6) is -0.192. The Balaban J connectivity index is 1.58. The third kappa shape index (κ3) is 3.91. The molecule has 2 aromatic rings. The number of carbonyl (C=O) groups excluding carboxylic acids is 2. The van der Waals surface area contributed by atoms with Crippen molar-refractivity contribution in [3.63, 3.8) is 0 Å². The number of hydrogen-bond donors (Lipinski definition) is 0. The number of halogens is 1. The predicted molar refractivity (Wildman–Crippen MR) is 107 cm³/mol. The van der Waals surface area contributed by atoms with Gasteiger partial charge in [0, 0.05) is 42.7 Å². The monoisotopic (exact) mass is 398 g/mol. The zero-order chi connectivity index (χ0) is 19.5. The second kappa shape index (κ2) is 8.33. The first kappa shape index (κ1) is 19.0. The van der Waals surface area contributed by atoms with E-state index in [1.807, 2.05) is 35.2 Å². The average Bonchev–Trinajstić information content (AvgIpc) is 3.20. The van der Waals surface area contributed by atoms with Gasteiger partial charge in [-0.3, -0.25) is 9.59 Å².